The first-order valence-electron chi connectivity index (χ1n) is 10.9. The zero-order chi connectivity index (χ0) is 22.2. The number of halogens is 1. The van der Waals surface area contributed by atoms with E-state index in [-0.39, 0.29) is 11.9 Å². The lowest BCUT2D eigenvalue weighted by Crippen LogP contribution is -2.44. The third-order valence-electron chi connectivity index (χ3n) is 6.01. The number of likely N-dealkylation sites (tertiary alicyclic amines) is 1. The summed E-state index contributed by atoms with van der Waals surface area (Å²) in [6, 6.07) is 12.0. The summed E-state index contributed by atoms with van der Waals surface area (Å²) in [6.07, 6.45) is 6.35. The van der Waals surface area contributed by atoms with Gasteiger partial charge >= 0.3 is 0 Å². The molecule has 2 aromatic rings. The highest BCUT2D eigenvalue weighted by atomic mass is 35.5. The molecule has 6 heteroatoms. The molecule has 1 aliphatic rings. The van der Waals surface area contributed by atoms with Gasteiger partial charge in [-0.2, -0.15) is 0 Å². The summed E-state index contributed by atoms with van der Waals surface area (Å²) in [5.74, 6) is 2.36. The molecule has 0 bridgehead atoms. The zero-order valence-corrected chi connectivity index (χ0v) is 19.4. The highest BCUT2D eigenvalue weighted by molar-refractivity contribution is 6.32. The van der Waals surface area contributed by atoms with E-state index in [2.05, 4.69) is 11.0 Å². The third kappa shape index (κ3) is 6.07. The molecule has 1 amide bonds. The average molecular weight is 446 g/mol. The molecular formula is C25H32ClNO4. The van der Waals surface area contributed by atoms with Crippen LogP contribution in [0.5, 0.6) is 17.2 Å². The number of hydrogen-bond acceptors (Lipinski definition) is 4. The molecule has 5 nitrogen and oxygen atoms in total. The van der Waals surface area contributed by atoms with Crippen LogP contribution in [0.1, 0.15) is 43.2 Å². The summed E-state index contributed by atoms with van der Waals surface area (Å²) in [7, 11) is 4.89. The molecule has 31 heavy (non-hydrogen) atoms. The number of rotatable bonds is 9. The lowest BCUT2D eigenvalue weighted by atomic mass is 9.95. The summed E-state index contributed by atoms with van der Waals surface area (Å²) in [4.78, 5) is 15.1. The van der Waals surface area contributed by atoms with E-state index in [1.54, 1.807) is 21.3 Å². The molecule has 2 aromatic carbocycles. The predicted molar refractivity (Wildman–Crippen MR) is 124 cm³/mol. The van der Waals surface area contributed by atoms with Gasteiger partial charge in [0.1, 0.15) is 5.75 Å². The SMILES string of the molecule is COc1ccc(CCC(=O)N2CCCCC2CCc2ccc(OC)c(OC)c2)cc1Cl. The third-order valence-corrected chi connectivity index (χ3v) is 6.30. The van der Waals surface area contributed by atoms with Crippen LogP contribution in [0.25, 0.3) is 0 Å². The molecule has 0 aromatic heterocycles. The van der Waals surface area contributed by atoms with E-state index in [0.29, 0.717) is 23.6 Å². The molecule has 0 aliphatic carbocycles. The Morgan fingerprint density at radius 3 is 2.29 bits per heavy atom. The Bertz CT molecular complexity index is 886. The molecule has 1 fully saturated rings. The molecule has 1 heterocycles. The summed E-state index contributed by atoms with van der Waals surface area (Å²) < 4.78 is 15.9. The lowest BCUT2D eigenvalue weighted by Gasteiger charge is -2.36. The number of carbonyl (C=O) groups is 1. The van der Waals surface area contributed by atoms with E-state index in [1.165, 1.54) is 12.0 Å². The van der Waals surface area contributed by atoms with Crippen molar-refractivity contribution in [1.29, 1.82) is 0 Å². The molecule has 168 valence electrons. The molecule has 0 saturated carbocycles. The van der Waals surface area contributed by atoms with Crippen LogP contribution in [-0.4, -0.2) is 44.7 Å². The van der Waals surface area contributed by atoms with E-state index >= 15 is 0 Å². The van der Waals surface area contributed by atoms with E-state index in [4.69, 9.17) is 25.8 Å². The minimum atomic E-state index is 0.226. The molecule has 3 rings (SSSR count). The van der Waals surface area contributed by atoms with Gasteiger partial charge in [-0.3, -0.25) is 4.79 Å². The topological polar surface area (TPSA) is 48.0 Å². The highest BCUT2D eigenvalue weighted by Crippen LogP contribution is 2.30. The first-order chi connectivity index (χ1) is 15.0. The summed E-state index contributed by atoms with van der Waals surface area (Å²) in [5.41, 5.74) is 2.25. The zero-order valence-electron chi connectivity index (χ0n) is 18.7. The standard InChI is InChI=1S/C25H32ClNO4/c1-29-22-12-8-18(16-21(22)26)10-14-25(28)27-15-5-4-6-20(27)11-7-19-9-13-23(30-2)24(17-19)31-3/h8-9,12-13,16-17,20H,4-7,10-11,14-15H2,1-3H3. The van der Waals surface area contributed by atoms with Crippen molar-refractivity contribution in [1.82, 2.24) is 4.90 Å². The van der Waals surface area contributed by atoms with Crippen LogP contribution in [0.2, 0.25) is 5.02 Å². The average Bonchev–Trinajstić information content (AvgIpc) is 2.81. The second-order valence-electron chi connectivity index (χ2n) is 7.93. The second kappa shape index (κ2) is 11.3. The van der Waals surface area contributed by atoms with Gasteiger partial charge in [-0.05, 0) is 73.9 Å². The number of hydrogen-bond donors (Lipinski definition) is 0. The first-order valence-corrected chi connectivity index (χ1v) is 11.3. The highest BCUT2D eigenvalue weighted by Gasteiger charge is 2.26. The van der Waals surface area contributed by atoms with Gasteiger partial charge in [0.25, 0.3) is 0 Å². The number of ether oxygens (including phenoxy) is 3. The molecule has 0 spiro atoms. The number of piperidine rings is 1. The van der Waals surface area contributed by atoms with Crippen molar-refractivity contribution < 1.29 is 19.0 Å². The van der Waals surface area contributed by atoms with Crippen molar-refractivity contribution >= 4 is 17.5 Å². The molecule has 1 unspecified atom stereocenters. The van der Waals surface area contributed by atoms with Crippen molar-refractivity contribution in [2.45, 2.75) is 51.0 Å². The number of benzene rings is 2. The number of nitrogens with zero attached hydrogens (tertiary/aromatic N) is 1. The molecule has 1 saturated heterocycles. The Morgan fingerprint density at radius 2 is 1.61 bits per heavy atom. The Morgan fingerprint density at radius 1 is 0.935 bits per heavy atom. The van der Waals surface area contributed by atoms with Gasteiger partial charge in [-0.25, -0.2) is 0 Å². The van der Waals surface area contributed by atoms with Crippen LogP contribution in [0.3, 0.4) is 0 Å². The van der Waals surface area contributed by atoms with E-state index in [0.717, 1.165) is 49.3 Å². The van der Waals surface area contributed by atoms with Crippen LogP contribution in [0, 0.1) is 0 Å². The summed E-state index contributed by atoms with van der Waals surface area (Å²) >= 11 is 6.22. The fourth-order valence-electron chi connectivity index (χ4n) is 4.26. The number of methoxy groups -OCH3 is 3. The monoisotopic (exact) mass is 445 g/mol. The largest absolute Gasteiger partial charge is 0.495 e. The van der Waals surface area contributed by atoms with Gasteiger partial charge in [-0.1, -0.05) is 23.7 Å². The van der Waals surface area contributed by atoms with Crippen molar-refractivity contribution in [3.8, 4) is 17.2 Å². The van der Waals surface area contributed by atoms with E-state index in [1.807, 2.05) is 30.3 Å². The quantitative estimate of drug-likeness (QED) is 0.524. The van der Waals surface area contributed by atoms with Gasteiger partial charge in [0.2, 0.25) is 5.91 Å². The van der Waals surface area contributed by atoms with Crippen LogP contribution >= 0.6 is 11.6 Å². The fourth-order valence-corrected chi connectivity index (χ4v) is 4.54. The Labute approximate surface area is 190 Å². The number of amides is 1. The van der Waals surface area contributed by atoms with Gasteiger partial charge < -0.3 is 19.1 Å². The molecular weight excluding hydrogens is 414 g/mol. The van der Waals surface area contributed by atoms with Gasteiger partial charge in [0.05, 0.1) is 26.4 Å². The van der Waals surface area contributed by atoms with Crippen LogP contribution in [-0.2, 0) is 17.6 Å². The summed E-state index contributed by atoms with van der Waals surface area (Å²) in [5, 5.41) is 0.582. The van der Waals surface area contributed by atoms with Crippen molar-refractivity contribution in [3.63, 3.8) is 0 Å². The smallest absolute Gasteiger partial charge is 0.223 e. The maximum Gasteiger partial charge on any atom is 0.223 e. The van der Waals surface area contributed by atoms with Crippen molar-refractivity contribution in [2.24, 2.45) is 0 Å². The lowest BCUT2D eigenvalue weighted by molar-refractivity contribution is -0.135. The molecule has 1 aliphatic heterocycles. The Kier molecular flexibility index (Phi) is 8.47. The molecule has 0 N–H and O–H groups in total. The minimum absolute atomic E-state index is 0.226. The Hall–Kier alpha value is -2.40. The van der Waals surface area contributed by atoms with E-state index < -0.39 is 0 Å². The molecule has 0 radical (unpaired) electrons. The normalized spacial score (nSPS) is 16.1. The minimum Gasteiger partial charge on any atom is -0.495 e. The summed E-state index contributed by atoms with van der Waals surface area (Å²) in [6.45, 7) is 0.846. The van der Waals surface area contributed by atoms with Crippen molar-refractivity contribution in [3.05, 3.63) is 52.5 Å². The number of aryl methyl sites for hydroxylation is 2. The van der Waals surface area contributed by atoms with Crippen LogP contribution < -0.4 is 14.2 Å². The van der Waals surface area contributed by atoms with E-state index in [9.17, 15) is 4.79 Å². The number of carbonyl (C=O) groups excluding carboxylic acids is 1. The van der Waals surface area contributed by atoms with Gasteiger partial charge in [0.15, 0.2) is 11.5 Å². The van der Waals surface area contributed by atoms with Crippen molar-refractivity contribution in [2.75, 3.05) is 27.9 Å². The van der Waals surface area contributed by atoms with Gasteiger partial charge in [0, 0.05) is 19.0 Å². The predicted octanol–water partition coefficient (Wildman–Crippen LogP) is 5.31. The maximum atomic E-state index is 13.0. The van der Waals surface area contributed by atoms with Gasteiger partial charge in [-0.15, -0.1) is 0 Å². The molecule has 1 atom stereocenters. The fraction of sp³-hybridized carbons (Fsp3) is 0.480. The van der Waals surface area contributed by atoms with Crippen LogP contribution in [0.4, 0.5) is 0 Å². The maximum absolute atomic E-state index is 13.0. The second-order valence-corrected chi connectivity index (χ2v) is 8.34. The van der Waals surface area contributed by atoms with Crippen LogP contribution in [0.15, 0.2) is 36.4 Å². The first kappa shape index (κ1) is 23.3. The Balaban J connectivity index is 1.58.